The molecule has 0 unspecified atom stereocenters. The minimum atomic E-state index is -1.14. The first-order valence-corrected chi connectivity index (χ1v) is 12.4. The van der Waals surface area contributed by atoms with Crippen molar-refractivity contribution < 1.29 is 9.59 Å². The molecular weight excluding hydrogens is 460 g/mol. The molecule has 1 aliphatic carbocycles. The summed E-state index contributed by atoms with van der Waals surface area (Å²) < 4.78 is 0. The van der Waals surface area contributed by atoms with Crippen LogP contribution < -0.4 is 10.0 Å². The van der Waals surface area contributed by atoms with Crippen molar-refractivity contribution >= 4 is 45.4 Å². The van der Waals surface area contributed by atoms with E-state index in [0.29, 0.717) is 22.8 Å². The van der Waals surface area contributed by atoms with Gasteiger partial charge in [-0.3, -0.25) is 9.59 Å². The van der Waals surface area contributed by atoms with Crippen LogP contribution in [0, 0.1) is 10.8 Å². The molecule has 6 heteroatoms. The maximum Gasteiger partial charge on any atom is 0.261 e. The summed E-state index contributed by atoms with van der Waals surface area (Å²) in [5.41, 5.74) is 1.30. The lowest BCUT2D eigenvalue weighted by Gasteiger charge is -2.18. The lowest BCUT2D eigenvalue weighted by Crippen LogP contribution is -2.40. The van der Waals surface area contributed by atoms with E-state index in [1.54, 1.807) is 0 Å². The van der Waals surface area contributed by atoms with Crippen LogP contribution in [0.3, 0.4) is 0 Å². The van der Waals surface area contributed by atoms with Crippen molar-refractivity contribution in [2.45, 2.75) is 19.8 Å². The zero-order valence-corrected chi connectivity index (χ0v) is 20.5. The van der Waals surface area contributed by atoms with Crippen molar-refractivity contribution in [3.8, 4) is 0 Å². The predicted octanol–water partition coefficient (Wildman–Crippen LogP) is 5.76. The van der Waals surface area contributed by atoms with Gasteiger partial charge >= 0.3 is 0 Å². The molecule has 0 saturated heterocycles. The maximum atomic E-state index is 14.4. The number of para-hydroxylation sites is 2. The van der Waals surface area contributed by atoms with Gasteiger partial charge in [-0.2, -0.15) is 20.2 Å². The molecule has 1 saturated carbocycles. The van der Waals surface area contributed by atoms with Gasteiger partial charge in [0.05, 0.1) is 22.8 Å². The van der Waals surface area contributed by atoms with Crippen molar-refractivity contribution in [3.05, 3.63) is 109 Å². The second-order valence-corrected chi connectivity index (χ2v) is 9.93. The average molecular weight is 485 g/mol. The average Bonchev–Trinajstić information content (AvgIpc) is 3.42. The molecule has 0 N–H and O–H groups in total. The molecule has 2 heterocycles. The Bertz CT molecular complexity index is 1580. The molecule has 2 aliphatic heterocycles. The summed E-state index contributed by atoms with van der Waals surface area (Å²) in [6, 6.07) is 33.1. The fourth-order valence-electron chi connectivity index (χ4n) is 6.62. The third-order valence-electron chi connectivity index (χ3n) is 8.21. The number of hydrogen-bond donors (Lipinski definition) is 0. The van der Waals surface area contributed by atoms with Gasteiger partial charge in [-0.15, -0.1) is 0 Å². The summed E-state index contributed by atoms with van der Waals surface area (Å²) in [5, 5.41) is 14.6. The highest BCUT2D eigenvalue weighted by Gasteiger charge is 2.91. The van der Waals surface area contributed by atoms with Gasteiger partial charge in [0, 0.05) is 5.92 Å². The Morgan fingerprint density at radius 3 is 1.57 bits per heavy atom. The minimum absolute atomic E-state index is 0.188. The van der Waals surface area contributed by atoms with Crippen molar-refractivity contribution in [1.82, 2.24) is 0 Å². The number of amides is 2. The normalized spacial score (nSPS) is 26.4. The number of carbonyl (C=O) groups excluding carboxylic acids is 2. The highest BCUT2D eigenvalue weighted by atomic mass is 16.2. The molecule has 37 heavy (non-hydrogen) atoms. The fourth-order valence-corrected chi connectivity index (χ4v) is 6.62. The molecule has 6 nitrogen and oxygen atoms in total. The van der Waals surface area contributed by atoms with E-state index in [-0.39, 0.29) is 11.8 Å². The standard InChI is InChI=1S/C31H24N4O2/c1-20-30(28(36)34(32-20)25-13-5-3-6-14-25)27(24-18-17-22-11-9-10-12-23(22)19-24)31(30)21(2)33-35(29(31)37)26-15-7-4-8-16-26/h3-19,27H,1-2H3/t30-,31-/m0/s1. The Labute approximate surface area is 214 Å². The molecule has 2 spiro atoms. The van der Waals surface area contributed by atoms with Crippen LogP contribution >= 0.6 is 0 Å². The van der Waals surface area contributed by atoms with E-state index in [4.69, 9.17) is 10.2 Å². The zero-order valence-electron chi connectivity index (χ0n) is 20.5. The van der Waals surface area contributed by atoms with Gasteiger partial charge in [-0.25, -0.2) is 0 Å². The monoisotopic (exact) mass is 484 g/mol. The largest absolute Gasteiger partial charge is 0.271 e. The SMILES string of the molecule is CC1=NN(c2ccccc2)C(=O)[C@@]12C(c1ccc3ccccc3c1)[C@@]21C(=O)N(c2ccccc2)N=C1C. The van der Waals surface area contributed by atoms with Crippen LogP contribution in [0.4, 0.5) is 11.4 Å². The molecule has 180 valence electrons. The molecule has 2 amide bonds. The first-order valence-electron chi connectivity index (χ1n) is 12.4. The van der Waals surface area contributed by atoms with E-state index >= 15 is 0 Å². The van der Waals surface area contributed by atoms with Gasteiger partial charge < -0.3 is 0 Å². The van der Waals surface area contributed by atoms with E-state index in [9.17, 15) is 9.59 Å². The van der Waals surface area contributed by atoms with Crippen molar-refractivity contribution in [1.29, 1.82) is 0 Å². The summed E-state index contributed by atoms with van der Waals surface area (Å²) in [5.74, 6) is -0.793. The lowest BCUT2D eigenvalue weighted by molar-refractivity contribution is -0.126. The third kappa shape index (κ3) is 2.59. The van der Waals surface area contributed by atoms with Crippen LogP contribution in [0.1, 0.15) is 25.3 Å². The summed E-state index contributed by atoms with van der Waals surface area (Å²) in [6.07, 6.45) is 0. The molecule has 2 atom stereocenters. The Balaban J connectivity index is 1.43. The predicted molar refractivity (Wildman–Crippen MR) is 146 cm³/mol. The number of hydrogen-bond acceptors (Lipinski definition) is 4. The molecule has 3 aliphatic rings. The van der Waals surface area contributed by atoms with E-state index in [0.717, 1.165) is 16.3 Å². The summed E-state index contributed by atoms with van der Waals surface area (Å²) in [4.78, 5) is 28.9. The summed E-state index contributed by atoms with van der Waals surface area (Å²) in [7, 11) is 0. The van der Waals surface area contributed by atoms with E-state index in [1.165, 1.54) is 10.0 Å². The van der Waals surface area contributed by atoms with Gasteiger partial charge in [0.15, 0.2) is 0 Å². The molecule has 4 aromatic rings. The number of carbonyl (C=O) groups is 2. The number of fused-ring (bicyclic) bond motifs is 2. The lowest BCUT2D eigenvalue weighted by atomic mass is 9.85. The van der Waals surface area contributed by atoms with Crippen LogP contribution in [0.5, 0.6) is 0 Å². The van der Waals surface area contributed by atoms with Crippen LogP contribution in [0.25, 0.3) is 10.8 Å². The molecule has 1 fully saturated rings. The van der Waals surface area contributed by atoms with E-state index in [1.807, 2.05) is 92.7 Å². The van der Waals surface area contributed by atoms with Crippen LogP contribution in [-0.2, 0) is 9.59 Å². The Morgan fingerprint density at radius 2 is 1.05 bits per heavy atom. The van der Waals surface area contributed by atoms with Gasteiger partial charge in [-0.1, -0.05) is 78.9 Å². The van der Waals surface area contributed by atoms with Gasteiger partial charge in [0.1, 0.15) is 10.8 Å². The quantitative estimate of drug-likeness (QED) is 0.371. The summed E-state index contributed by atoms with van der Waals surface area (Å²) in [6.45, 7) is 3.74. The third-order valence-corrected chi connectivity index (χ3v) is 8.21. The molecule has 7 rings (SSSR count). The molecular formula is C31H24N4O2. The fraction of sp³-hybridized carbons (Fsp3) is 0.161. The highest BCUT2D eigenvalue weighted by molar-refractivity contribution is 6.37. The number of anilines is 2. The zero-order chi connectivity index (χ0) is 25.4. The van der Waals surface area contributed by atoms with Crippen molar-refractivity contribution in [2.75, 3.05) is 10.0 Å². The van der Waals surface area contributed by atoms with Gasteiger partial charge in [0.2, 0.25) is 0 Å². The van der Waals surface area contributed by atoms with Crippen LogP contribution in [0.2, 0.25) is 0 Å². The Kier molecular flexibility index (Phi) is 4.37. The molecule has 4 aromatic carbocycles. The minimum Gasteiger partial charge on any atom is -0.271 e. The number of rotatable bonds is 3. The van der Waals surface area contributed by atoms with E-state index < -0.39 is 16.7 Å². The maximum absolute atomic E-state index is 14.4. The second-order valence-electron chi connectivity index (χ2n) is 9.93. The smallest absolute Gasteiger partial charge is 0.261 e. The van der Waals surface area contributed by atoms with Crippen LogP contribution in [0.15, 0.2) is 113 Å². The van der Waals surface area contributed by atoms with Gasteiger partial charge in [-0.05, 0) is 54.4 Å². The summed E-state index contributed by atoms with van der Waals surface area (Å²) >= 11 is 0. The molecule has 0 bridgehead atoms. The second kappa shape index (κ2) is 7.46. The Morgan fingerprint density at radius 1 is 0.595 bits per heavy atom. The van der Waals surface area contributed by atoms with E-state index in [2.05, 4.69) is 24.3 Å². The molecule has 0 aromatic heterocycles. The topological polar surface area (TPSA) is 65.3 Å². The first-order chi connectivity index (χ1) is 18.0. The van der Waals surface area contributed by atoms with Crippen molar-refractivity contribution in [2.24, 2.45) is 21.0 Å². The molecule has 0 radical (unpaired) electrons. The Hall–Kier alpha value is -4.58. The number of nitrogens with zero attached hydrogens (tertiary/aromatic N) is 4. The number of benzene rings is 4. The number of hydrazone groups is 2. The van der Waals surface area contributed by atoms with Gasteiger partial charge in [0.25, 0.3) is 11.8 Å². The van der Waals surface area contributed by atoms with Crippen molar-refractivity contribution in [3.63, 3.8) is 0 Å². The first kappa shape index (κ1) is 21.7. The highest BCUT2D eigenvalue weighted by Crippen LogP contribution is 2.79. The van der Waals surface area contributed by atoms with Crippen LogP contribution in [-0.4, -0.2) is 23.2 Å².